The van der Waals surface area contributed by atoms with Crippen molar-refractivity contribution >= 4 is 0 Å². The second-order valence-corrected chi connectivity index (χ2v) is 9.07. The average Bonchev–Trinajstić information content (AvgIpc) is 2.73. The maximum atomic E-state index is 5.41. The van der Waals surface area contributed by atoms with Gasteiger partial charge in [0.2, 0.25) is 0 Å². The number of hydrogen-bond acceptors (Lipinski definition) is 2. The van der Waals surface area contributed by atoms with E-state index in [-0.39, 0.29) is 5.41 Å². The van der Waals surface area contributed by atoms with Crippen LogP contribution >= 0.6 is 0 Å². The molecule has 4 fully saturated rings. The lowest BCUT2D eigenvalue weighted by molar-refractivity contribution is 0.0463. The Kier molecular flexibility index (Phi) is 4.45. The van der Waals surface area contributed by atoms with E-state index in [4.69, 9.17) is 9.47 Å². The van der Waals surface area contributed by atoms with Crippen LogP contribution in [0.5, 0.6) is 11.5 Å². The van der Waals surface area contributed by atoms with Gasteiger partial charge < -0.3 is 9.47 Å². The summed E-state index contributed by atoms with van der Waals surface area (Å²) in [7, 11) is 3.48. The smallest absolute Gasteiger partial charge is 0.118 e. The van der Waals surface area contributed by atoms with E-state index in [2.05, 4.69) is 54.6 Å². The molecule has 4 atom stereocenters. The van der Waals surface area contributed by atoms with Gasteiger partial charge in [0.15, 0.2) is 0 Å². The SMILES string of the molecule is COc1ccc(C/C=C2/C3C[C@@H]4C[C@H](C3)CC2(c2ccc(OC)cc2)C4)cc1. The molecule has 4 saturated carbocycles. The van der Waals surface area contributed by atoms with Gasteiger partial charge in [-0.05, 0) is 91.7 Å². The maximum absolute atomic E-state index is 5.41. The second-order valence-electron chi connectivity index (χ2n) is 9.07. The fourth-order valence-electron chi connectivity index (χ4n) is 6.51. The zero-order valence-electron chi connectivity index (χ0n) is 17.0. The molecule has 2 aromatic carbocycles. The predicted molar refractivity (Wildman–Crippen MR) is 113 cm³/mol. The minimum Gasteiger partial charge on any atom is -0.497 e. The zero-order valence-corrected chi connectivity index (χ0v) is 17.0. The van der Waals surface area contributed by atoms with Crippen molar-refractivity contribution in [2.45, 2.75) is 43.9 Å². The summed E-state index contributed by atoms with van der Waals surface area (Å²) in [5, 5.41) is 0. The summed E-state index contributed by atoms with van der Waals surface area (Å²) in [6.07, 6.45) is 10.5. The highest BCUT2D eigenvalue weighted by Crippen LogP contribution is 2.63. The molecule has 28 heavy (non-hydrogen) atoms. The van der Waals surface area contributed by atoms with Crippen LogP contribution in [0, 0.1) is 17.8 Å². The Morgan fingerprint density at radius 1 is 0.821 bits per heavy atom. The normalized spacial score (nSPS) is 31.9. The topological polar surface area (TPSA) is 18.5 Å². The second kappa shape index (κ2) is 6.99. The maximum Gasteiger partial charge on any atom is 0.118 e. The molecule has 2 aromatic rings. The summed E-state index contributed by atoms with van der Waals surface area (Å²) in [5.41, 5.74) is 4.86. The Balaban J connectivity index is 1.50. The molecule has 0 heterocycles. The molecule has 0 saturated heterocycles. The lowest BCUT2D eigenvalue weighted by atomic mass is 9.45. The molecule has 4 aliphatic carbocycles. The van der Waals surface area contributed by atoms with Crippen LogP contribution in [0.3, 0.4) is 0 Å². The third-order valence-electron chi connectivity index (χ3n) is 7.53. The molecule has 6 rings (SSSR count). The number of rotatable bonds is 5. The molecule has 0 amide bonds. The molecule has 4 bridgehead atoms. The highest BCUT2D eigenvalue weighted by molar-refractivity contribution is 5.45. The van der Waals surface area contributed by atoms with Crippen LogP contribution in [0.25, 0.3) is 0 Å². The molecule has 0 N–H and O–H groups in total. The van der Waals surface area contributed by atoms with Gasteiger partial charge in [-0.2, -0.15) is 0 Å². The number of allylic oxidation sites excluding steroid dienone is 2. The van der Waals surface area contributed by atoms with Gasteiger partial charge in [0, 0.05) is 5.41 Å². The first kappa shape index (κ1) is 17.8. The van der Waals surface area contributed by atoms with Crippen molar-refractivity contribution in [3.63, 3.8) is 0 Å². The van der Waals surface area contributed by atoms with Crippen molar-refractivity contribution in [3.05, 3.63) is 71.3 Å². The molecular formula is C26H30O2. The fraction of sp³-hybridized carbons (Fsp3) is 0.462. The third kappa shape index (κ3) is 2.94. The van der Waals surface area contributed by atoms with Crippen molar-refractivity contribution in [2.24, 2.45) is 17.8 Å². The zero-order chi connectivity index (χ0) is 19.1. The van der Waals surface area contributed by atoms with Gasteiger partial charge in [-0.1, -0.05) is 35.9 Å². The van der Waals surface area contributed by atoms with Gasteiger partial charge in [-0.25, -0.2) is 0 Å². The molecule has 2 unspecified atom stereocenters. The molecule has 0 aromatic heterocycles. The summed E-state index contributed by atoms with van der Waals surface area (Å²) in [6.45, 7) is 0. The highest BCUT2D eigenvalue weighted by Gasteiger charge is 2.54. The van der Waals surface area contributed by atoms with Crippen LogP contribution in [0.1, 0.15) is 43.2 Å². The molecule has 0 spiro atoms. The summed E-state index contributed by atoms with van der Waals surface area (Å²) < 4.78 is 10.7. The van der Waals surface area contributed by atoms with Crippen LogP contribution in [0.15, 0.2) is 60.2 Å². The highest BCUT2D eigenvalue weighted by atomic mass is 16.5. The monoisotopic (exact) mass is 374 g/mol. The van der Waals surface area contributed by atoms with Gasteiger partial charge >= 0.3 is 0 Å². The van der Waals surface area contributed by atoms with E-state index in [0.29, 0.717) is 0 Å². The van der Waals surface area contributed by atoms with E-state index < -0.39 is 0 Å². The average molecular weight is 375 g/mol. The number of ether oxygens (including phenoxy) is 2. The molecule has 2 heteroatoms. The largest absolute Gasteiger partial charge is 0.497 e. The summed E-state index contributed by atoms with van der Waals surface area (Å²) in [5.74, 6) is 4.50. The van der Waals surface area contributed by atoms with E-state index in [0.717, 1.165) is 35.7 Å². The van der Waals surface area contributed by atoms with Gasteiger partial charge in [0.05, 0.1) is 14.2 Å². The van der Waals surface area contributed by atoms with Crippen LogP contribution in [0.2, 0.25) is 0 Å². The number of hydrogen-bond donors (Lipinski definition) is 0. The van der Waals surface area contributed by atoms with E-state index in [9.17, 15) is 0 Å². The first-order chi connectivity index (χ1) is 13.7. The molecular weight excluding hydrogens is 344 g/mol. The summed E-state index contributed by atoms with van der Waals surface area (Å²) in [6, 6.07) is 17.5. The number of benzene rings is 2. The quantitative estimate of drug-likeness (QED) is 0.602. The van der Waals surface area contributed by atoms with Gasteiger partial charge in [-0.3, -0.25) is 0 Å². The Hall–Kier alpha value is -2.22. The Bertz CT molecular complexity index is 848. The van der Waals surface area contributed by atoms with Crippen LogP contribution in [-0.2, 0) is 11.8 Å². The van der Waals surface area contributed by atoms with Crippen LogP contribution in [-0.4, -0.2) is 14.2 Å². The minimum atomic E-state index is 0.257. The lowest BCUT2D eigenvalue weighted by Gasteiger charge is -2.59. The standard InChI is InChI=1S/C26H30O2/c1-27-23-8-3-18(4-9-23)5-12-25-21-14-19-13-20(15-21)17-26(25,16-19)22-6-10-24(28-2)11-7-22/h3-4,6-12,19-21H,5,13-17H2,1-2H3/b25-12-/t19-,20+,21?,26?. The van der Waals surface area contributed by atoms with Crippen molar-refractivity contribution in [1.82, 2.24) is 0 Å². The van der Waals surface area contributed by atoms with E-state index in [1.807, 2.05) is 0 Å². The molecule has 0 aliphatic heterocycles. The third-order valence-corrected chi connectivity index (χ3v) is 7.53. The van der Waals surface area contributed by atoms with Gasteiger partial charge in [0.1, 0.15) is 11.5 Å². The molecule has 4 aliphatic rings. The van der Waals surface area contributed by atoms with Gasteiger partial charge in [0.25, 0.3) is 0 Å². The van der Waals surface area contributed by atoms with Crippen LogP contribution in [0.4, 0.5) is 0 Å². The summed E-state index contributed by atoms with van der Waals surface area (Å²) in [4.78, 5) is 0. The predicted octanol–water partition coefficient (Wildman–Crippen LogP) is 5.95. The first-order valence-corrected chi connectivity index (χ1v) is 10.7. The summed E-state index contributed by atoms with van der Waals surface area (Å²) >= 11 is 0. The van der Waals surface area contributed by atoms with Crippen LogP contribution < -0.4 is 9.47 Å². The lowest BCUT2D eigenvalue weighted by Crippen LogP contribution is -2.50. The van der Waals surface area contributed by atoms with Crippen molar-refractivity contribution < 1.29 is 9.47 Å². The fourth-order valence-corrected chi connectivity index (χ4v) is 6.51. The van der Waals surface area contributed by atoms with Crippen molar-refractivity contribution in [3.8, 4) is 11.5 Å². The Morgan fingerprint density at radius 2 is 1.39 bits per heavy atom. The molecule has 0 radical (unpaired) electrons. The molecule has 146 valence electrons. The molecule has 2 nitrogen and oxygen atoms in total. The Labute approximate surface area is 168 Å². The van der Waals surface area contributed by atoms with E-state index in [1.165, 1.54) is 43.2 Å². The van der Waals surface area contributed by atoms with Crippen molar-refractivity contribution in [2.75, 3.05) is 14.2 Å². The van der Waals surface area contributed by atoms with Crippen molar-refractivity contribution in [1.29, 1.82) is 0 Å². The Morgan fingerprint density at radius 3 is 1.96 bits per heavy atom. The first-order valence-electron chi connectivity index (χ1n) is 10.7. The minimum absolute atomic E-state index is 0.257. The van der Waals surface area contributed by atoms with E-state index in [1.54, 1.807) is 19.8 Å². The van der Waals surface area contributed by atoms with Gasteiger partial charge in [-0.15, -0.1) is 0 Å². The number of methoxy groups -OCH3 is 2. The van der Waals surface area contributed by atoms with E-state index >= 15 is 0 Å².